The maximum atomic E-state index is 11.4. The van der Waals surface area contributed by atoms with Crippen molar-refractivity contribution < 1.29 is 19.1 Å². The first-order valence-electron chi connectivity index (χ1n) is 5.69. The van der Waals surface area contributed by atoms with Gasteiger partial charge in [-0.05, 0) is 38.0 Å². The molecule has 0 heterocycles. The van der Waals surface area contributed by atoms with E-state index in [1.807, 2.05) is 32.0 Å². The number of ether oxygens (including phenoxy) is 2. The Balaban J connectivity index is 2.49. The lowest BCUT2D eigenvalue weighted by atomic mass is 10.1. The van der Waals surface area contributed by atoms with Crippen LogP contribution in [0.3, 0.4) is 0 Å². The van der Waals surface area contributed by atoms with E-state index in [0.717, 1.165) is 11.1 Å². The van der Waals surface area contributed by atoms with E-state index in [0.29, 0.717) is 5.69 Å². The highest BCUT2D eigenvalue weighted by Gasteiger charge is 2.09. The Kier molecular flexibility index (Phi) is 5.17. The van der Waals surface area contributed by atoms with Gasteiger partial charge in [-0.2, -0.15) is 0 Å². The molecule has 1 aromatic rings. The number of hydrogen-bond acceptors (Lipinski definition) is 4. The molecule has 0 fully saturated rings. The molecule has 0 atom stereocenters. The van der Waals surface area contributed by atoms with Crippen LogP contribution in [0.2, 0.25) is 0 Å². The number of amides is 1. The molecule has 0 aromatic heterocycles. The van der Waals surface area contributed by atoms with Gasteiger partial charge in [0.2, 0.25) is 0 Å². The number of benzene rings is 1. The Labute approximate surface area is 106 Å². The Morgan fingerprint density at radius 1 is 1.22 bits per heavy atom. The lowest BCUT2D eigenvalue weighted by molar-refractivity contribution is -0.146. The van der Waals surface area contributed by atoms with Crippen LogP contribution in [-0.4, -0.2) is 25.3 Å². The smallest absolute Gasteiger partial charge is 0.412 e. The molecule has 0 radical (unpaired) electrons. The minimum atomic E-state index is -0.670. The van der Waals surface area contributed by atoms with Gasteiger partial charge in [0, 0.05) is 5.69 Å². The normalized spacial score (nSPS) is 9.72. The highest BCUT2D eigenvalue weighted by Crippen LogP contribution is 2.16. The van der Waals surface area contributed by atoms with Gasteiger partial charge in [-0.3, -0.25) is 5.32 Å². The maximum Gasteiger partial charge on any atom is 0.412 e. The van der Waals surface area contributed by atoms with E-state index >= 15 is 0 Å². The van der Waals surface area contributed by atoms with E-state index < -0.39 is 12.1 Å². The van der Waals surface area contributed by atoms with Gasteiger partial charge >= 0.3 is 12.1 Å². The van der Waals surface area contributed by atoms with Crippen LogP contribution < -0.4 is 5.32 Å². The fourth-order valence-corrected chi connectivity index (χ4v) is 1.34. The van der Waals surface area contributed by atoms with Gasteiger partial charge in [-0.15, -0.1) is 0 Å². The van der Waals surface area contributed by atoms with Gasteiger partial charge in [-0.25, -0.2) is 9.59 Å². The SMILES string of the molecule is CCOC(=O)COC(=O)Nc1cc(C)ccc1C. The standard InChI is InChI=1S/C13H17NO4/c1-4-17-12(15)8-18-13(16)14-11-7-9(2)5-6-10(11)3/h5-7H,4,8H2,1-3H3,(H,14,16). The van der Waals surface area contributed by atoms with Crippen LogP contribution in [0.25, 0.3) is 0 Å². The number of aryl methyl sites for hydroxylation is 2. The van der Waals surface area contributed by atoms with E-state index in [2.05, 4.69) is 10.1 Å². The third-order valence-electron chi connectivity index (χ3n) is 2.26. The summed E-state index contributed by atoms with van der Waals surface area (Å²) in [6.07, 6.45) is -0.670. The molecule has 0 aliphatic heterocycles. The number of nitrogens with one attached hydrogen (secondary N) is 1. The third kappa shape index (κ3) is 4.45. The van der Waals surface area contributed by atoms with Crippen molar-refractivity contribution >= 4 is 17.7 Å². The number of anilines is 1. The Hall–Kier alpha value is -2.04. The van der Waals surface area contributed by atoms with E-state index in [4.69, 9.17) is 4.74 Å². The topological polar surface area (TPSA) is 64.6 Å². The van der Waals surface area contributed by atoms with Crippen LogP contribution in [0.5, 0.6) is 0 Å². The molecule has 5 heteroatoms. The van der Waals surface area contributed by atoms with Crippen LogP contribution in [0.15, 0.2) is 18.2 Å². The second-order valence-electron chi connectivity index (χ2n) is 3.82. The highest BCUT2D eigenvalue weighted by atomic mass is 16.6. The first kappa shape index (κ1) is 14.0. The van der Waals surface area contributed by atoms with Crippen molar-refractivity contribution in [1.29, 1.82) is 0 Å². The molecule has 0 unspecified atom stereocenters. The summed E-state index contributed by atoms with van der Waals surface area (Å²) in [6.45, 7) is 5.37. The van der Waals surface area contributed by atoms with E-state index in [1.165, 1.54) is 0 Å². The summed E-state index contributed by atoms with van der Waals surface area (Å²) in [4.78, 5) is 22.4. The van der Waals surface area contributed by atoms with Crippen molar-refractivity contribution in [2.75, 3.05) is 18.5 Å². The number of carbonyl (C=O) groups excluding carboxylic acids is 2. The van der Waals surface area contributed by atoms with Gasteiger partial charge in [0.25, 0.3) is 0 Å². The van der Waals surface area contributed by atoms with Crippen molar-refractivity contribution in [3.63, 3.8) is 0 Å². The fourth-order valence-electron chi connectivity index (χ4n) is 1.34. The van der Waals surface area contributed by atoms with Gasteiger partial charge in [-0.1, -0.05) is 12.1 Å². The van der Waals surface area contributed by atoms with Crippen molar-refractivity contribution in [1.82, 2.24) is 0 Å². The van der Waals surface area contributed by atoms with Crippen molar-refractivity contribution in [3.05, 3.63) is 29.3 Å². The van der Waals surface area contributed by atoms with Crippen LogP contribution in [0.4, 0.5) is 10.5 Å². The molecule has 1 rings (SSSR count). The zero-order valence-corrected chi connectivity index (χ0v) is 10.8. The molecule has 18 heavy (non-hydrogen) atoms. The predicted octanol–water partition coefficient (Wildman–Crippen LogP) is 2.42. The molecule has 0 saturated heterocycles. The summed E-state index contributed by atoms with van der Waals surface area (Å²) in [5.74, 6) is -0.561. The van der Waals surface area contributed by atoms with Crippen molar-refractivity contribution in [2.24, 2.45) is 0 Å². The quantitative estimate of drug-likeness (QED) is 0.834. The fraction of sp³-hybridized carbons (Fsp3) is 0.385. The molecule has 1 aromatic carbocycles. The Morgan fingerprint density at radius 2 is 1.94 bits per heavy atom. The summed E-state index contributed by atoms with van der Waals surface area (Å²) < 4.78 is 9.37. The van der Waals surface area contributed by atoms with Gasteiger partial charge in [0.05, 0.1) is 6.61 Å². The average molecular weight is 251 g/mol. The molecule has 98 valence electrons. The monoisotopic (exact) mass is 251 g/mol. The molecular formula is C13H17NO4. The molecule has 0 saturated carbocycles. The molecule has 5 nitrogen and oxygen atoms in total. The Bertz CT molecular complexity index is 443. The zero-order valence-electron chi connectivity index (χ0n) is 10.8. The predicted molar refractivity (Wildman–Crippen MR) is 67.5 cm³/mol. The molecule has 1 N–H and O–H groups in total. The largest absolute Gasteiger partial charge is 0.463 e. The van der Waals surface area contributed by atoms with E-state index in [9.17, 15) is 9.59 Å². The number of carbonyl (C=O) groups is 2. The maximum absolute atomic E-state index is 11.4. The minimum Gasteiger partial charge on any atom is -0.463 e. The van der Waals surface area contributed by atoms with E-state index in [1.54, 1.807) is 6.92 Å². The first-order chi connectivity index (χ1) is 8.52. The second kappa shape index (κ2) is 6.64. The van der Waals surface area contributed by atoms with Crippen molar-refractivity contribution in [2.45, 2.75) is 20.8 Å². The summed E-state index contributed by atoms with van der Waals surface area (Å²) in [5.41, 5.74) is 2.62. The minimum absolute atomic E-state index is 0.265. The van der Waals surface area contributed by atoms with Gasteiger partial charge in [0.1, 0.15) is 0 Å². The van der Waals surface area contributed by atoms with Crippen LogP contribution in [0.1, 0.15) is 18.1 Å². The Morgan fingerprint density at radius 3 is 2.61 bits per heavy atom. The lowest BCUT2D eigenvalue weighted by Gasteiger charge is -2.09. The summed E-state index contributed by atoms with van der Waals surface area (Å²) >= 11 is 0. The first-order valence-corrected chi connectivity index (χ1v) is 5.69. The second-order valence-corrected chi connectivity index (χ2v) is 3.82. The van der Waals surface area contributed by atoms with E-state index in [-0.39, 0.29) is 13.2 Å². The number of hydrogen-bond donors (Lipinski definition) is 1. The van der Waals surface area contributed by atoms with Gasteiger partial charge < -0.3 is 9.47 Å². The molecule has 0 spiro atoms. The lowest BCUT2D eigenvalue weighted by Crippen LogP contribution is -2.20. The summed E-state index contributed by atoms with van der Waals surface area (Å²) in [7, 11) is 0. The number of esters is 1. The van der Waals surface area contributed by atoms with Crippen molar-refractivity contribution in [3.8, 4) is 0 Å². The third-order valence-corrected chi connectivity index (χ3v) is 2.26. The summed E-state index contributed by atoms with van der Waals surface area (Å²) in [5, 5.41) is 2.58. The molecule has 1 amide bonds. The van der Waals surface area contributed by atoms with Crippen LogP contribution >= 0.6 is 0 Å². The zero-order chi connectivity index (χ0) is 13.5. The van der Waals surface area contributed by atoms with Crippen LogP contribution in [0, 0.1) is 13.8 Å². The molecule has 0 aliphatic rings. The van der Waals surface area contributed by atoms with Gasteiger partial charge in [0.15, 0.2) is 6.61 Å². The average Bonchev–Trinajstić information content (AvgIpc) is 2.32. The molecular weight excluding hydrogens is 234 g/mol. The number of rotatable bonds is 4. The molecule has 0 aliphatic carbocycles. The summed E-state index contributed by atoms with van der Waals surface area (Å²) in [6, 6.07) is 5.68. The van der Waals surface area contributed by atoms with Crippen LogP contribution in [-0.2, 0) is 14.3 Å². The molecule has 0 bridgehead atoms. The highest BCUT2D eigenvalue weighted by molar-refractivity contribution is 5.87.